The van der Waals surface area contributed by atoms with Crippen molar-refractivity contribution in [3.63, 3.8) is 0 Å². The molecule has 9 heteroatoms. The lowest BCUT2D eigenvalue weighted by Crippen LogP contribution is -2.42. The number of carbonyl (C=O) groups excluding carboxylic acids is 1. The number of nitrogens with zero attached hydrogens (tertiary/aromatic N) is 2. The Balaban J connectivity index is 1.45. The van der Waals surface area contributed by atoms with Gasteiger partial charge in [0.05, 0.1) is 10.9 Å². The average Bonchev–Trinajstić information content (AvgIpc) is 2.99. The second-order valence-corrected chi connectivity index (χ2v) is 8.99. The van der Waals surface area contributed by atoms with E-state index in [1.807, 2.05) is 4.90 Å². The molecule has 152 valence electrons. The minimum atomic E-state index is -3.71. The molecule has 2 aromatic rings. The number of benzene rings is 2. The molecule has 2 aromatic carbocycles. The van der Waals surface area contributed by atoms with Gasteiger partial charge in [0, 0.05) is 24.2 Å². The largest absolute Gasteiger partial charge is 0.460 e. The molecule has 1 saturated heterocycles. The molecule has 1 unspecified atom stereocenters. The Labute approximate surface area is 173 Å². The van der Waals surface area contributed by atoms with Crippen LogP contribution in [0.5, 0.6) is 0 Å². The van der Waals surface area contributed by atoms with E-state index in [-0.39, 0.29) is 16.5 Å². The number of carbonyl (C=O) groups is 1. The highest BCUT2D eigenvalue weighted by atomic mass is 35.5. The lowest BCUT2D eigenvalue weighted by molar-refractivity contribution is -0.151. The van der Waals surface area contributed by atoms with Crippen LogP contribution in [0.1, 0.15) is 24.0 Å². The first-order chi connectivity index (χ1) is 13.8. The molecule has 0 aromatic heterocycles. The number of amidine groups is 1. The maximum absolute atomic E-state index is 13.1. The van der Waals surface area contributed by atoms with Gasteiger partial charge in [-0.05, 0) is 37.1 Å². The van der Waals surface area contributed by atoms with Gasteiger partial charge in [-0.15, -0.1) is 4.40 Å². The van der Waals surface area contributed by atoms with Crippen molar-refractivity contribution >= 4 is 33.4 Å². The summed E-state index contributed by atoms with van der Waals surface area (Å²) in [4.78, 5) is 14.6. The van der Waals surface area contributed by atoms with E-state index in [2.05, 4.69) is 4.40 Å². The number of rotatable bonds is 3. The third-order valence-corrected chi connectivity index (χ3v) is 6.73. The van der Waals surface area contributed by atoms with Gasteiger partial charge in [0.2, 0.25) is 0 Å². The molecule has 0 N–H and O–H groups in total. The van der Waals surface area contributed by atoms with Crippen molar-refractivity contribution < 1.29 is 22.3 Å². The Morgan fingerprint density at radius 1 is 1.28 bits per heavy atom. The molecule has 2 aliphatic heterocycles. The lowest BCUT2D eigenvalue weighted by Gasteiger charge is -2.32. The number of fused-ring (bicyclic) bond motifs is 1. The van der Waals surface area contributed by atoms with Crippen LogP contribution in [0.2, 0.25) is 5.02 Å². The zero-order valence-corrected chi connectivity index (χ0v) is 16.9. The second kappa shape index (κ2) is 7.76. The summed E-state index contributed by atoms with van der Waals surface area (Å²) in [6, 6.07) is 10.6. The Hall–Kier alpha value is -2.45. The molecule has 0 amide bonds. The second-order valence-electron chi connectivity index (χ2n) is 7.01. The number of esters is 1. The summed E-state index contributed by atoms with van der Waals surface area (Å²) >= 11 is 5.97. The maximum atomic E-state index is 13.1. The Bertz CT molecular complexity index is 1100. The summed E-state index contributed by atoms with van der Waals surface area (Å²) in [5.74, 6) is -0.897. The standard InChI is InChI=1S/C20H18ClFN2O4S/c21-17-10-15(22)8-7-14(17)12-28-20(25)13-4-3-9-24(11-13)19-16-5-1-2-6-18(16)29(26,27)23-19/h1-2,5-8,10,13H,3-4,9,11-12H2. The number of ether oxygens (including phenoxy) is 1. The first-order valence-electron chi connectivity index (χ1n) is 9.15. The molecular weight excluding hydrogens is 419 g/mol. The van der Waals surface area contributed by atoms with Gasteiger partial charge in [-0.3, -0.25) is 4.79 Å². The molecular formula is C20H18ClFN2O4S. The third-order valence-electron chi connectivity index (χ3n) is 5.05. The van der Waals surface area contributed by atoms with Crippen molar-refractivity contribution in [2.24, 2.45) is 10.3 Å². The smallest absolute Gasteiger partial charge is 0.311 e. The van der Waals surface area contributed by atoms with E-state index in [1.165, 1.54) is 24.3 Å². The van der Waals surface area contributed by atoms with Gasteiger partial charge in [0.15, 0.2) is 5.84 Å². The highest BCUT2D eigenvalue weighted by molar-refractivity contribution is 7.90. The van der Waals surface area contributed by atoms with Gasteiger partial charge >= 0.3 is 5.97 Å². The quantitative estimate of drug-likeness (QED) is 0.689. The van der Waals surface area contributed by atoms with Crippen molar-refractivity contribution in [3.8, 4) is 0 Å². The fraction of sp³-hybridized carbons (Fsp3) is 0.300. The topological polar surface area (TPSA) is 76.0 Å². The summed E-state index contributed by atoms with van der Waals surface area (Å²) in [7, 11) is -3.71. The molecule has 0 saturated carbocycles. The van der Waals surface area contributed by atoms with Crippen molar-refractivity contribution in [3.05, 3.63) is 64.4 Å². The van der Waals surface area contributed by atoms with Crippen molar-refractivity contribution in [1.82, 2.24) is 4.90 Å². The van der Waals surface area contributed by atoms with Crippen LogP contribution in [-0.2, 0) is 26.2 Å². The van der Waals surface area contributed by atoms with E-state index in [9.17, 15) is 17.6 Å². The van der Waals surface area contributed by atoms with Gasteiger partial charge in [-0.1, -0.05) is 29.8 Å². The molecule has 29 heavy (non-hydrogen) atoms. The SMILES string of the molecule is O=C(OCc1ccc(F)cc1Cl)C1CCCN(C2=NS(=O)(=O)c3ccccc32)C1. The van der Waals surface area contributed by atoms with E-state index in [0.29, 0.717) is 42.9 Å². The zero-order valence-electron chi connectivity index (χ0n) is 15.3. The predicted molar refractivity (Wildman–Crippen MR) is 106 cm³/mol. The summed E-state index contributed by atoms with van der Waals surface area (Å²) in [6.07, 6.45) is 1.34. The summed E-state index contributed by atoms with van der Waals surface area (Å²) in [5.41, 5.74) is 1.08. The van der Waals surface area contributed by atoms with Crippen LogP contribution in [0.4, 0.5) is 4.39 Å². The number of likely N-dealkylation sites (tertiary alicyclic amines) is 1. The van der Waals surface area contributed by atoms with E-state index >= 15 is 0 Å². The van der Waals surface area contributed by atoms with Gasteiger partial charge in [0.1, 0.15) is 17.3 Å². The number of piperidine rings is 1. The van der Waals surface area contributed by atoms with Crippen LogP contribution < -0.4 is 0 Å². The number of hydrogen-bond acceptors (Lipinski definition) is 5. The fourth-order valence-electron chi connectivity index (χ4n) is 3.58. The highest BCUT2D eigenvalue weighted by Gasteiger charge is 2.35. The van der Waals surface area contributed by atoms with Crippen molar-refractivity contribution in [2.75, 3.05) is 13.1 Å². The summed E-state index contributed by atoms with van der Waals surface area (Å²) < 4.78 is 47.0. The van der Waals surface area contributed by atoms with Gasteiger partial charge in [-0.25, -0.2) is 4.39 Å². The van der Waals surface area contributed by atoms with E-state index in [1.54, 1.807) is 18.2 Å². The number of sulfonamides is 1. The molecule has 0 bridgehead atoms. The molecule has 0 radical (unpaired) electrons. The average molecular weight is 437 g/mol. The van der Waals surface area contributed by atoms with Gasteiger partial charge in [-0.2, -0.15) is 8.42 Å². The van der Waals surface area contributed by atoms with Crippen LogP contribution in [-0.4, -0.2) is 38.2 Å². The highest BCUT2D eigenvalue weighted by Crippen LogP contribution is 2.30. The van der Waals surface area contributed by atoms with Crippen molar-refractivity contribution in [2.45, 2.75) is 24.3 Å². The normalized spacial score (nSPS) is 20.1. The summed E-state index contributed by atoms with van der Waals surface area (Å²) in [5, 5.41) is 0.199. The first kappa shape index (κ1) is 19.8. The zero-order chi connectivity index (χ0) is 20.6. The van der Waals surface area contributed by atoms with Crippen LogP contribution in [0.25, 0.3) is 0 Å². The van der Waals surface area contributed by atoms with Crippen LogP contribution >= 0.6 is 11.6 Å². The lowest BCUT2D eigenvalue weighted by atomic mass is 9.97. The number of hydrogen-bond donors (Lipinski definition) is 0. The van der Waals surface area contributed by atoms with E-state index in [4.69, 9.17) is 16.3 Å². The molecule has 6 nitrogen and oxygen atoms in total. The van der Waals surface area contributed by atoms with Gasteiger partial charge < -0.3 is 9.64 Å². The Morgan fingerprint density at radius 3 is 2.86 bits per heavy atom. The third kappa shape index (κ3) is 4.00. The maximum Gasteiger partial charge on any atom is 0.311 e. The molecule has 2 heterocycles. The molecule has 0 spiro atoms. The predicted octanol–water partition coefficient (Wildman–Crippen LogP) is 3.38. The van der Waals surface area contributed by atoms with Crippen molar-refractivity contribution in [1.29, 1.82) is 0 Å². The number of halogens is 2. The minimum absolute atomic E-state index is 0.0490. The Morgan fingerprint density at radius 2 is 2.07 bits per heavy atom. The van der Waals surface area contributed by atoms with E-state index < -0.39 is 27.7 Å². The Kier molecular flexibility index (Phi) is 5.31. The molecule has 0 aliphatic carbocycles. The fourth-order valence-corrected chi connectivity index (χ4v) is 5.03. The van der Waals surface area contributed by atoms with Gasteiger partial charge in [0.25, 0.3) is 10.0 Å². The van der Waals surface area contributed by atoms with Crippen LogP contribution in [0.3, 0.4) is 0 Å². The molecule has 1 atom stereocenters. The minimum Gasteiger partial charge on any atom is -0.460 e. The molecule has 4 rings (SSSR count). The monoisotopic (exact) mass is 436 g/mol. The molecule has 2 aliphatic rings. The first-order valence-corrected chi connectivity index (χ1v) is 11.0. The summed E-state index contributed by atoms with van der Waals surface area (Å²) in [6.45, 7) is 0.877. The molecule has 1 fully saturated rings. The van der Waals surface area contributed by atoms with Crippen LogP contribution in [0.15, 0.2) is 51.8 Å². The van der Waals surface area contributed by atoms with E-state index in [0.717, 1.165) is 0 Å². The van der Waals surface area contributed by atoms with Crippen LogP contribution in [0, 0.1) is 11.7 Å².